The molecular weight excluding hydrogens is 240 g/mol. The fourth-order valence-corrected chi connectivity index (χ4v) is 2.39. The second-order valence-electron chi connectivity index (χ2n) is 4.88. The number of aromatic amines is 1. The van der Waals surface area contributed by atoms with Gasteiger partial charge in [-0.1, -0.05) is 0 Å². The van der Waals surface area contributed by atoms with Crippen molar-refractivity contribution in [2.45, 2.75) is 38.1 Å². The Kier molecular flexibility index (Phi) is 2.44. The molecule has 7 heteroatoms. The van der Waals surface area contributed by atoms with E-state index in [1.54, 1.807) is 0 Å². The SMILES string of the molecule is CC1(C)OC2COC(n3ccc(=O)[nH]c3=O)C2O1. The molecule has 0 saturated carbocycles. The van der Waals surface area contributed by atoms with Gasteiger partial charge in [0, 0.05) is 12.3 Å². The molecule has 0 bridgehead atoms. The van der Waals surface area contributed by atoms with Gasteiger partial charge in [0.05, 0.1) is 6.61 Å². The van der Waals surface area contributed by atoms with Gasteiger partial charge in [-0.25, -0.2) is 4.79 Å². The number of hydrogen-bond acceptors (Lipinski definition) is 5. The molecule has 1 aromatic heterocycles. The predicted molar refractivity (Wildman–Crippen MR) is 60.1 cm³/mol. The van der Waals surface area contributed by atoms with Gasteiger partial charge in [0.2, 0.25) is 0 Å². The van der Waals surface area contributed by atoms with E-state index in [2.05, 4.69) is 4.98 Å². The molecule has 0 radical (unpaired) electrons. The summed E-state index contributed by atoms with van der Waals surface area (Å²) in [7, 11) is 0. The minimum absolute atomic E-state index is 0.191. The molecule has 0 amide bonds. The van der Waals surface area contributed by atoms with Crippen molar-refractivity contribution in [3.63, 3.8) is 0 Å². The van der Waals surface area contributed by atoms with Crippen molar-refractivity contribution in [2.75, 3.05) is 6.61 Å². The van der Waals surface area contributed by atoms with Crippen molar-refractivity contribution >= 4 is 0 Å². The molecule has 2 fully saturated rings. The lowest BCUT2D eigenvalue weighted by atomic mass is 10.2. The molecule has 0 aliphatic carbocycles. The highest BCUT2D eigenvalue weighted by Gasteiger charge is 2.51. The van der Waals surface area contributed by atoms with Crippen molar-refractivity contribution in [2.24, 2.45) is 0 Å². The van der Waals surface area contributed by atoms with Gasteiger partial charge in [-0.3, -0.25) is 14.3 Å². The number of ether oxygens (including phenoxy) is 3. The Morgan fingerprint density at radius 2 is 2.17 bits per heavy atom. The van der Waals surface area contributed by atoms with Crippen LogP contribution in [0.15, 0.2) is 21.9 Å². The lowest BCUT2D eigenvalue weighted by Crippen LogP contribution is -2.37. The smallest absolute Gasteiger partial charge is 0.330 e. The summed E-state index contributed by atoms with van der Waals surface area (Å²) in [5.41, 5.74) is -0.948. The van der Waals surface area contributed by atoms with Gasteiger partial charge in [-0.2, -0.15) is 0 Å². The first-order chi connectivity index (χ1) is 8.46. The normalized spacial score (nSPS) is 33.6. The van der Waals surface area contributed by atoms with Crippen LogP contribution < -0.4 is 11.2 Å². The van der Waals surface area contributed by atoms with Crippen LogP contribution in [0, 0.1) is 0 Å². The lowest BCUT2D eigenvalue weighted by Gasteiger charge is -2.22. The first kappa shape index (κ1) is 11.6. The molecule has 0 aromatic carbocycles. The third-order valence-corrected chi connectivity index (χ3v) is 3.06. The third kappa shape index (κ3) is 1.80. The van der Waals surface area contributed by atoms with Gasteiger partial charge in [0.15, 0.2) is 12.0 Å². The van der Waals surface area contributed by atoms with E-state index in [-0.39, 0.29) is 12.2 Å². The molecule has 1 N–H and O–H groups in total. The van der Waals surface area contributed by atoms with Gasteiger partial charge in [0.25, 0.3) is 5.56 Å². The Hall–Kier alpha value is -1.44. The Morgan fingerprint density at radius 3 is 2.89 bits per heavy atom. The number of aromatic nitrogens is 2. The van der Waals surface area contributed by atoms with Crippen LogP contribution >= 0.6 is 0 Å². The largest absolute Gasteiger partial charge is 0.352 e. The highest BCUT2D eigenvalue weighted by molar-refractivity contribution is 4.94. The van der Waals surface area contributed by atoms with E-state index in [1.165, 1.54) is 16.8 Å². The maximum atomic E-state index is 11.7. The van der Waals surface area contributed by atoms with Crippen LogP contribution in [-0.2, 0) is 14.2 Å². The van der Waals surface area contributed by atoms with Crippen LogP contribution in [0.5, 0.6) is 0 Å². The molecule has 2 aliphatic rings. The van der Waals surface area contributed by atoms with Crippen LogP contribution in [0.2, 0.25) is 0 Å². The quantitative estimate of drug-likeness (QED) is 0.736. The molecule has 3 rings (SSSR count). The van der Waals surface area contributed by atoms with Gasteiger partial charge >= 0.3 is 5.69 Å². The fraction of sp³-hybridized carbons (Fsp3) is 0.636. The fourth-order valence-electron chi connectivity index (χ4n) is 2.39. The Labute approximate surface area is 102 Å². The number of nitrogens with zero attached hydrogens (tertiary/aromatic N) is 1. The van der Waals surface area contributed by atoms with Gasteiger partial charge in [-0.15, -0.1) is 0 Å². The number of fused-ring (bicyclic) bond motifs is 1. The molecule has 3 atom stereocenters. The standard InChI is InChI=1S/C11H14N2O5/c1-11(2)17-6-5-16-9(8(6)18-11)13-4-3-7(14)12-10(13)15/h3-4,6,8-9H,5H2,1-2H3,(H,12,14,15). The van der Waals surface area contributed by atoms with Crippen molar-refractivity contribution in [1.29, 1.82) is 0 Å². The first-order valence-corrected chi connectivity index (χ1v) is 5.75. The van der Waals surface area contributed by atoms with Crippen molar-refractivity contribution in [3.05, 3.63) is 33.1 Å². The minimum Gasteiger partial charge on any atom is -0.352 e. The molecule has 2 saturated heterocycles. The summed E-state index contributed by atoms with van der Waals surface area (Å²) in [4.78, 5) is 24.9. The number of rotatable bonds is 1. The Morgan fingerprint density at radius 1 is 1.39 bits per heavy atom. The highest BCUT2D eigenvalue weighted by Crippen LogP contribution is 2.38. The molecule has 3 heterocycles. The van der Waals surface area contributed by atoms with Crippen molar-refractivity contribution in [1.82, 2.24) is 9.55 Å². The van der Waals surface area contributed by atoms with Crippen LogP contribution in [0.4, 0.5) is 0 Å². The van der Waals surface area contributed by atoms with E-state index < -0.39 is 23.3 Å². The van der Waals surface area contributed by atoms with Crippen molar-refractivity contribution in [3.8, 4) is 0 Å². The summed E-state index contributed by atoms with van der Waals surface area (Å²) >= 11 is 0. The van der Waals surface area contributed by atoms with Crippen molar-refractivity contribution < 1.29 is 14.2 Å². The van der Waals surface area contributed by atoms with Gasteiger partial charge in [-0.05, 0) is 13.8 Å². The lowest BCUT2D eigenvalue weighted by molar-refractivity contribution is -0.184. The van der Waals surface area contributed by atoms with Gasteiger partial charge in [0.1, 0.15) is 12.2 Å². The molecule has 2 aliphatic heterocycles. The summed E-state index contributed by atoms with van der Waals surface area (Å²) in [6, 6.07) is 1.28. The van der Waals surface area contributed by atoms with Gasteiger partial charge < -0.3 is 14.2 Å². The summed E-state index contributed by atoms with van der Waals surface area (Å²) in [6.07, 6.45) is 0.302. The zero-order valence-corrected chi connectivity index (χ0v) is 10.1. The van der Waals surface area contributed by atoms with E-state index in [0.29, 0.717) is 6.61 Å². The Balaban J connectivity index is 1.94. The topological polar surface area (TPSA) is 82.5 Å². The second kappa shape index (κ2) is 3.78. The maximum absolute atomic E-state index is 11.7. The minimum atomic E-state index is -0.677. The third-order valence-electron chi connectivity index (χ3n) is 3.06. The number of H-pyrrole nitrogens is 1. The molecule has 3 unspecified atom stereocenters. The monoisotopic (exact) mass is 254 g/mol. The predicted octanol–water partition coefficient (Wildman–Crippen LogP) is -0.415. The molecular formula is C11H14N2O5. The molecule has 1 aromatic rings. The molecule has 18 heavy (non-hydrogen) atoms. The van der Waals surface area contributed by atoms with E-state index in [9.17, 15) is 9.59 Å². The number of hydrogen-bond donors (Lipinski definition) is 1. The Bertz CT molecular complexity index is 575. The molecule has 98 valence electrons. The summed E-state index contributed by atoms with van der Waals surface area (Å²) in [5.74, 6) is -0.677. The zero-order chi connectivity index (χ0) is 12.9. The first-order valence-electron chi connectivity index (χ1n) is 5.75. The maximum Gasteiger partial charge on any atom is 0.330 e. The van der Waals surface area contributed by atoms with Crippen LogP contribution in [0.3, 0.4) is 0 Å². The second-order valence-corrected chi connectivity index (χ2v) is 4.88. The summed E-state index contributed by atoms with van der Waals surface area (Å²) < 4.78 is 18.2. The van der Waals surface area contributed by atoms with E-state index in [1.807, 2.05) is 13.8 Å². The average molecular weight is 254 g/mol. The average Bonchev–Trinajstić information content (AvgIpc) is 2.74. The highest BCUT2D eigenvalue weighted by atomic mass is 16.8. The van der Waals surface area contributed by atoms with Crippen LogP contribution in [0.25, 0.3) is 0 Å². The van der Waals surface area contributed by atoms with Crippen LogP contribution in [0.1, 0.15) is 20.1 Å². The van der Waals surface area contributed by atoms with Crippen LogP contribution in [-0.4, -0.2) is 34.2 Å². The molecule has 0 spiro atoms. The van der Waals surface area contributed by atoms with E-state index >= 15 is 0 Å². The summed E-state index contributed by atoms with van der Waals surface area (Å²) in [5, 5.41) is 0. The van der Waals surface area contributed by atoms with E-state index in [0.717, 1.165) is 0 Å². The number of nitrogens with one attached hydrogen (secondary N) is 1. The summed E-state index contributed by atoms with van der Waals surface area (Å²) in [6.45, 7) is 4.00. The zero-order valence-electron chi connectivity index (χ0n) is 10.1. The molecule has 7 nitrogen and oxygen atoms in total. The van der Waals surface area contributed by atoms with E-state index in [4.69, 9.17) is 14.2 Å².